The Hall–Kier alpha value is -2.70. The number of carbonyl (C=O) groups is 1. The molecular formula is C17H16F3NO3. The zero-order valence-corrected chi connectivity index (χ0v) is 13.1. The van der Waals surface area contributed by atoms with Crippen LogP contribution >= 0.6 is 0 Å². The minimum Gasteiger partial charge on any atom is -0.493 e. The van der Waals surface area contributed by atoms with Gasteiger partial charge < -0.3 is 14.8 Å². The lowest BCUT2D eigenvalue weighted by Crippen LogP contribution is -2.23. The maximum absolute atomic E-state index is 12.7. The summed E-state index contributed by atoms with van der Waals surface area (Å²) in [6, 6.07) is 9.38. The van der Waals surface area contributed by atoms with E-state index < -0.39 is 17.6 Å². The van der Waals surface area contributed by atoms with E-state index in [0.717, 1.165) is 17.7 Å². The van der Waals surface area contributed by atoms with Crippen LogP contribution in [0.2, 0.25) is 0 Å². The van der Waals surface area contributed by atoms with Gasteiger partial charge in [0, 0.05) is 12.1 Å². The number of amides is 1. The smallest absolute Gasteiger partial charge is 0.416 e. The molecule has 0 heterocycles. The Balaban J connectivity index is 2.08. The van der Waals surface area contributed by atoms with Crippen LogP contribution in [0.4, 0.5) is 13.2 Å². The van der Waals surface area contributed by atoms with Crippen molar-refractivity contribution >= 4 is 5.91 Å². The summed E-state index contributed by atoms with van der Waals surface area (Å²) in [5, 5.41) is 2.58. The lowest BCUT2D eigenvalue weighted by Gasteiger charge is -2.11. The van der Waals surface area contributed by atoms with Crippen molar-refractivity contribution in [3.63, 3.8) is 0 Å². The van der Waals surface area contributed by atoms with Crippen LogP contribution in [0.15, 0.2) is 42.5 Å². The number of methoxy groups -OCH3 is 2. The fraction of sp³-hybridized carbons (Fsp3) is 0.235. The molecular weight excluding hydrogens is 323 g/mol. The van der Waals surface area contributed by atoms with E-state index in [9.17, 15) is 18.0 Å². The third-order valence-corrected chi connectivity index (χ3v) is 3.35. The first-order valence-electron chi connectivity index (χ1n) is 7.01. The molecule has 0 aliphatic heterocycles. The van der Waals surface area contributed by atoms with Crippen LogP contribution in [0.3, 0.4) is 0 Å². The van der Waals surface area contributed by atoms with Gasteiger partial charge in [0.25, 0.3) is 5.91 Å². The van der Waals surface area contributed by atoms with Crippen molar-refractivity contribution in [2.24, 2.45) is 0 Å². The third-order valence-electron chi connectivity index (χ3n) is 3.35. The van der Waals surface area contributed by atoms with Crippen LogP contribution in [-0.4, -0.2) is 20.1 Å². The molecule has 2 aromatic carbocycles. The first kappa shape index (κ1) is 17.7. The predicted molar refractivity (Wildman–Crippen MR) is 82.2 cm³/mol. The highest BCUT2D eigenvalue weighted by atomic mass is 19.4. The summed E-state index contributed by atoms with van der Waals surface area (Å²) < 4.78 is 48.3. The van der Waals surface area contributed by atoms with E-state index in [1.165, 1.54) is 26.4 Å². The molecule has 0 saturated heterocycles. The molecule has 0 aromatic heterocycles. The van der Waals surface area contributed by atoms with Gasteiger partial charge in [0.1, 0.15) is 0 Å². The van der Waals surface area contributed by atoms with Gasteiger partial charge >= 0.3 is 6.18 Å². The molecule has 2 rings (SSSR count). The normalized spacial score (nSPS) is 11.0. The van der Waals surface area contributed by atoms with Gasteiger partial charge in [-0.25, -0.2) is 0 Å². The summed E-state index contributed by atoms with van der Waals surface area (Å²) in [5.41, 5.74) is -0.181. The van der Waals surface area contributed by atoms with E-state index in [0.29, 0.717) is 11.5 Å². The van der Waals surface area contributed by atoms with Crippen LogP contribution in [0.5, 0.6) is 11.5 Å². The molecule has 2 aromatic rings. The molecule has 0 spiro atoms. The summed E-state index contributed by atoms with van der Waals surface area (Å²) in [6.07, 6.45) is -4.49. The van der Waals surface area contributed by atoms with Crippen molar-refractivity contribution in [3.8, 4) is 11.5 Å². The monoisotopic (exact) mass is 339 g/mol. The maximum atomic E-state index is 12.7. The van der Waals surface area contributed by atoms with E-state index in [1.807, 2.05) is 0 Å². The fourth-order valence-electron chi connectivity index (χ4n) is 2.11. The molecule has 1 amide bonds. The number of benzene rings is 2. The highest BCUT2D eigenvalue weighted by Gasteiger charge is 2.30. The SMILES string of the molecule is COc1ccc(CNC(=O)c2cccc(C(F)(F)F)c2)cc1OC. The number of hydrogen-bond acceptors (Lipinski definition) is 3. The average molecular weight is 339 g/mol. The van der Waals surface area contributed by atoms with Crippen LogP contribution < -0.4 is 14.8 Å². The van der Waals surface area contributed by atoms with Gasteiger partial charge in [0.2, 0.25) is 0 Å². The van der Waals surface area contributed by atoms with Gasteiger partial charge in [-0.15, -0.1) is 0 Å². The quantitative estimate of drug-likeness (QED) is 0.904. The summed E-state index contributed by atoms with van der Waals surface area (Å²) in [7, 11) is 3.00. The topological polar surface area (TPSA) is 47.6 Å². The van der Waals surface area contributed by atoms with Gasteiger partial charge in [-0.3, -0.25) is 4.79 Å². The fourth-order valence-corrected chi connectivity index (χ4v) is 2.11. The van der Waals surface area contributed by atoms with E-state index in [4.69, 9.17) is 9.47 Å². The summed E-state index contributed by atoms with van der Waals surface area (Å²) in [4.78, 5) is 12.0. The number of nitrogens with one attached hydrogen (secondary N) is 1. The lowest BCUT2D eigenvalue weighted by molar-refractivity contribution is -0.137. The highest BCUT2D eigenvalue weighted by Crippen LogP contribution is 2.30. The second-order valence-corrected chi connectivity index (χ2v) is 4.95. The Bertz CT molecular complexity index is 729. The summed E-state index contributed by atoms with van der Waals surface area (Å²) >= 11 is 0. The number of ether oxygens (including phenoxy) is 2. The van der Waals surface area contributed by atoms with Gasteiger partial charge in [-0.2, -0.15) is 13.2 Å². The van der Waals surface area contributed by atoms with Gasteiger partial charge in [0.05, 0.1) is 19.8 Å². The minimum absolute atomic E-state index is 0.0506. The molecule has 0 atom stereocenters. The predicted octanol–water partition coefficient (Wildman–Crippen LogP) is 3.65. The van der Waals surface area contributed by atoms with Gasteiger partial charge in [-0.1, -0.05) is 12.1 Å². The summed E-state index contributed by atoms with van der Waals surface area (Å²) in [5.74, 6) is 0.463. The van der Waals surface area contributed by atoms with E-state index in [2.05, 4.69) is 5.32 Å². The molecule has 7 heteroatoms. The second-order valence-electron chi connectivity index (χ2n) is 4.95. The molecule has 0 aliphatic carbocycles. The average Bonchev–Trinajstić information content (AvgIpc) is 2.58. The molecule has 4 nitrogen and oxygen atoms in total. The molecule has 24 heavy (non-hydrogen) atoms. The maximum Gasteiger partial charge on any atom is 0.416 e. The van der Waals surface area contributed by atoms with Crippen molar-refractivity contribution in [1.82, 2.24) is 5.32 Å². The number of carbonyl (C=O) groups excluding carboxylic acids is 1. The molecule has 0 saturated carbocycles. The third kappa shape index (κ3) is 4.18. The van der Waals surface area contributed by atoms with Crippen molar-refractivity contribution in [3.05, 3.63) is 59.2 Å². The van der Waals surface area contributed by atoms with E-state index in [1.54, 1.807) is 18.2 Å². The standard InChI is InChI=1S/C17H16F3NO3/c1-23-14-7-6-11(8-15(14)24-2)10-21-16(22)12-4-3-5-13(9-12)17(18,19)20/h3-9H,10H2,1-2H3,(H,21,22). The minimum atomic E-state index is -4.49. The number of rotatable bonds is 5. The number of halogens is 3. The van der Waals surface area contributed by atoms with E-state index in [-0.39, 0.29) is 12.1 Å². The van der Waals surface area contributed by atoms with Crippen LogP contribution in [0.1, 0.15) is 21.5 Å². The Labute approximate surface area is 137 Å². The first-order chi connectivity index (χ1) is 11.3. The Morgan fingerprint density at radius 1 is 1.04 bits per heavy atom. The van der Waals surface area contributed by atoms with Crippen molar-refractivity contribution in [1.29, 1.82) is 0 Å². The number of hydrogen-bond donors (Lipinski definition) is 1. The van der Waals surface area contributed by atoms with Crippen LogP contribution in [0, 0.1) is 0 Å². The Morgan fingerprint density at radius 2 is 1.75 bits per heavy atom. The molecule has 0 fully saturated rings. The van der Waals surface area contributed by atoms with Crippen molar-refractivity contribution in [2.45, 2.75) is 12.7 Å². The molecule has 0 aliphatic rings. The van der Waals surface area contributed by atoms with Crippen LogP contribution in [0.25, 0.3) is 0 Å². The lowest BCUT2D eigenvalue weighted by atomic mass is 10.1. The second kappa shape index (κ2) is 7.25. The van der Waals surface area contributed by atoms with E-state index >= 15 is 0 Å². The highest BCUT2D eigenvalue weighted by molar-refractivity contribution is 5.94. The zero-order chi connectivity index (χ0) is 17.7. The largest absolute Gasteiger partial charge is 0.493 e. The van der Waals surface area contributed by atoms with Gasteiger partial charge in [0.15, 0.2) is 11.5 Å². The Morgan fingerprint density at radius 3 is 2.38 bits per heavy atom. The molecule has 128 valence electrons. The zero-order valence-electron chi connectivity index (χ0n) is 13.1. The molecule has 1 N–H and O–H groups in total. The first-order valence-corrected chi connectivity index (χ1v) is 7.01. The Kier molecular flexibility index (Phi) is 5.33. The molecule has 0 radical (unpaired) electrons. The van der Waals surface area contributed by atoms with Crippen molar-refractivity contribution < 1.29 is 27.4 Å². The number of alkyl halides is 3. The van der Waals surface area contributed by atoms with Gasteiger partial charge in [-0.05, 0) is 35.9 Å². The van der Waals surface area contributed by atoms with Crippen molar-refractivity contribution in [2.75, 3.05) is 14.2 Å². The molecule has 0 unspecified atom stereocenters. The summed E-state index contributed by atoms with van der Waals surface area (Å²) in [6.45, 7) is 0.148. The van der Waals surface area contributed by atoms with Crippen LogP contribution in [-0.2, 0) is 12.7 Å². The molecule has 0 bridgehead atoms.